The van der Waals surface area contributed by atoms with E-state index < -0.39 is 11.6 Å². The lowest BCUT2D eigenvalue weighted by Crippen LogP contribution is -2.35. The smallest absolute Gasteiger partial charge is 0.183 e. The number of hydrogen-bond donors (Lipinski definition) is 2. The molecule has 0 radical (unpaired) electrons. The van der Waals surface area contributed by atoms with Crippen LogP contribution in [0.15, 0.2) is 12.1 Å². The summed E-state index contributed by atoms with van der Waals surface area (Å²) >= 11 is 0. The summed E-state index contributed by atoms with van der Waals surface area (Å²) in [6, 6.07) is 2.70. The first kappa shape index (κ1) is 13.1. The molecule has 0 bridgehead atoms. The van der Waals surface area contributed by atoms with Crippen molar-refractivity contribution in [2.45, 2.75) is 25.8 Å². The summed E-state index contributed by atoms with van der Waals surface area (Å²) in [5, 5.41) is 2.92. The van der Waals surface area contributed by atoms with Crippen molar-refractivity contribution in [1.29, 1.82) is 0 Å². The first-order chi connectivity index (χ1) is 8.59. The van der Waals surface area contributed by atoms with Gasteiger partial charge in [-0.3, -0.25) is 4.90 Å². The van der Waals surface area contributed by atoms with Crippen LogP contribution in [-0.2, 0) is 0 Å². The molecule has 1 heterocycles. The zero-order chi connectivity index (χ0) is 13.1. The highest BCUT2D eigenvalue weighted by atomic mass is 19.2. The lowest BCUT2D eigenvalue weighted by molar-refractivity contribution is 0.269. The maximum Gasteiger partial charge on any atom is 0.183 e. The highest BCUT2D eigenvalue weighted by Gasteiger charge is 2.19. The second-order valence-corrected chi connectivity index (χ2v) is 4.80. The van der Waals surface area contributed by atoms with Gasteiger partial charge in [-0.25, -0.2) is 8.78 Å². The molecule has 0 aromatic heterocycles. The van der Waals surface area contributed by atoms with Gasteiger partial charge in [-0.2, -0.15) is 0 Å². The number of nitrogens with two attached hydrogens (primary N) is 1. The predicted octanol–water partition coefficient (Wildman–Crippen LogP) is 2.44. The van der Waals surface area contributed by atoms with Crippen molar-refractivity contribution in [2.75, 3.05) is 30.7 Å². The van der Waals surface area contributed by atoms with Crippen LogP contribution < -0.4 is 11.1 Å². The monoisotopic (exact) mass is 255 g/mol. The molecule has 0 aliphatic carbocycles. The molecule has 0 saturated carbocycles. The van der Waals surface area contributed by atoms with Crippen molar-refractivity contribution in [3.05, 3.63) is 23.8 Å². The fourth-order valence-electron chi connectivity index (χ4n) is 2.31. The van der Waals surface area contributed by atoms with Gasteiger partial charge in [0.1, 0.15) is 0 Å². The van der Waals surface area contributed by atoms with Crippen LogP contribution in [0.3, 0.4) is 0 Å². The molecule has 3 nitrogen and oxygen atoms in total. The minimum absolute atomic E-state index is 0.0704. The Morgan fingerprint density at radius 3 is 2.67 bits per heavy atom. The van der Waals surface area contributed by atoms with Gasteiger partial charge in [0.05, 0.1) is 11.4 Å². The molecule has 18 heavy (non-hydrogen) atoms. The molecule has 3 N–H and O–H groups in total. The fraction of sp³-hybridized carbons (Fsp3) is 0.538. The van der Waals surface area contributed by atoms with Gasteiger partial charge >= 0.3 is 0 Å². The Bertz CT molecular complexity index is 417. The van der Waals surface area contributed by atoms with Crippen molar-refractivity contribution in [1.82, 2.24) is 4.90 Å². The Balaban J connectivity index is 1.99. The number of hydrogen-bond acceptors (Lipinski definition) is 3. The highest BCUT2D eigenvalue weighted by Crippen LogP contribution is 2.24. The maximum absolute atomic E-state index is 13.6. The number of halogens is 2. The van der Waals surface area contributed by atoms with Gasteiger partial charge in [0.2, 0.25) is 0 Å². The first-order valence-corrected chi connectivity index (χ1v) is 6.31. The largest absolute Gasteiger partial charge is 0.397 e. The maximum atomic E-state index is 13.6. The number of rotatable bonds is 4. The summed E-state index contributed by atoms with van der Waals surface area (Å²) in [5.41, 5.74) is 5.96. The number of anilines is 2. The van der Waals surface area contributed by atoms with E-state index in [0.29, 0.717) is 6.54 Å². The summed E-state index contributed by atoms with van der Waals surface area (Å²) in [4.78, 5) is 2.33. The molecule has 1 unspecified atom stereocenters. The van der Waals surface area contributed by atoms with Crippen molar-refractivity contribution in [3.63, 3.8) is 0 Å². The Morgan fingerprint density at radius 1 is 1.33 bits per heavy atom. The van der Waals surface area contributed by atoms with Crippen molar-refractivity contribution < 1.29 is 8.78 Å². The van der Waals surface area contributed by atoms with Crippen LogP contribution in [-0.4, -0.2) is 30.6 Å². The van der Waals surface area contributed by atoms with E-state index in [2.05, 4.69) is 17.1 Å². The lowest BCUT2D eigenvalue weighted by Gasteiger charge is -2.24. The fourth-order valence-corrected chi connectivity index (χ4v) is 2.31. The minimum Gasteiger partial charge on any atom is -0.397 e. The van der Waals surface area contributed by atoms with E-state index in [1.807, 2.05) is 0 Å². The molecule has 2 rings (SSSR count). The third-order valence-corrected chi connectivity index (χ3v) is 3.47. The second kappa shape index (κ2) is 5.52. The molecule has 1 atom stereocenters. The van der Waals surface area contributed by atoms with Gasteiger partial charge in [0.25, 0.3) is 0 Å². The molecular formula is C13H19F2N3. The molecule has 0 spiro atoms. The summed E-state index contributed by atoms with van der Waals surface area (Å²) in [5.74, 6) is -1.77. The average Bonchev–Trinajstić information content (AvgIpc) is 2.87. The summed E-state index contributed by atoms with van der Waals surface area (Å²) in [6.45, 7) is 4.78. The van der Waals surface area contributed by atoms with Gasteiger partial charge in [-0.15, -0.1) is 0 Å². The number of benzene rings is 1. The summed E-state index contributed by atoms with van der Waals surface area (Å²) < 4.78 is 26.7. The van der Waals surface area contributed by atoms with Crippen LogP contribution in [0.4, 0.5) is 20.2 Å². The van der Waals surface area contributed by atoms with E-state index in [4.69, 9.17) is 5.73 Å². The average molecular weight is 255 g/mol. The van der Waals surface area contributed by atoms with Crippen LogP contribution in [0.5, 0.6) is 0 Å². The van der Waals surface area contributed by atoms with Crippen LogP contribution in [0, 0.1) is 11.6 Å². The quantitative estimate of drug-likeness (QED) is 0.812. The molecule has 1 saturated heterocycles. The van der Waals surface area contributed by atoms with E-state index in [0.717, 1.165) is 19.2 Å². The van der Waals surface area contributed by atoms with Crippen molar-refractivity contribution in [3.8, 4) is 0 Å². The van der Waals surface area contributed by atoms with Crippen molar-refractivity contribution >= 4 is 11.4 Å². The Hall–Kier alpha value is -1.36. The molecule has 1 aliphatic heterocycles. The predicted molar refractivity (Wildman–Crippen MR) is 69.5 cm³/mol. The minimum atomic E-state index is -0.899. The zero-order valence-corrected chi connectivity index (χ0v) is 10.5. The molecule has 0 amide bonds. The van der Waals surface area contributed by atoms with Gasteiger partial charge in [0.15, 0.2) is 11.6 Å². The van der Waals surface area contributed by atoms with E-state index in [1.165, 1.54) is 18.9 Å². The number of likely N-dealkylation sites (tertiary alicyclic amines) is 1. The number of nitrogen functional groups attached to an aromatic ring is 1. The molecule has 1 aromatic rings. The molecule has 100 valence electrons. The Kier molecular flexibility index (Phi) is 4.01. The summed E-state index contributed by atoms with van der Waals surface area (Å²) in [6.07, 6.45) is 2.42. The second-order valence-electron chi connectivity index (χ2n) is 4.80. The molecule has 5 heteroatoms. The molecular weight excluding hydrogens is 236 g/mol. The standard InChI is InChI=1S/C13H19F2N3/c1-9(18-6-2-3-7-18)8-17-13-11(16)5-4-10(14)12(13)15/h4-5,9,17H,2-3,6-8,16H2,1H3. The number of nitrogens with zero attached hydrogens (tertiary/aromatic N) is 1. The van der Waals surface area contributed by atoms with E-state index in [1.54, 1.807) is 0 Å². The van der Waals surface area contributed by atoms with Crippen LogP contribution in [0.1, 0.15) is 19.8 Å². The van der Waals surface area contributed by atoms with Gasteiger partial charge < -0.3 is 11.1 Å². The Morgan fingerprint density at radius 2 is 2.00 bits per heavy atom. The third kappa shape index (κ3) is 2.72. The molecule has 1 fully saturated rings. The van der Waals surface area contributed by atoms with Crippen molar-refractivity contribution in [2.24, 2.45) is 0 Å². The van der Waals surface area contributed by atoms with Gasteiger partial charge in [0, 0.05) is 12.6 Å². The van der Waals surface area contributed by atoms with Crippen LogP contribution >= 0.6 is 0 Å². The third-order valence-electron chi connectivity index (χ3n) is 3.47. The van der Waals surface area contributed by atoms with Crippen LogP contribution in [0.25, 0.3) is 0 Å². The van der Waals surface area contributed by atoms with E-state index in [9.17, 15) is 8.78 Å². The SMILES string of the molecule is CC(CNc1c(N)ccc(F)c1F)N1CCCC1. The summed E-state index contributed by atoms with van der Waals surface area (Å²) in [7, 11) is 0. The first-order valence-electron chi connectivity index (χ1n) is 6.31. The van der Waals surface area contributed by atoms with Gasteiger partial charge in [-0.1, -0.05) is 0 Å². The van der Waals surface area contributed by atoms with Gasteiger partial charge in [-0.05, 0) is 45.0 Å². The van der Waals surface area contributed by atoms with E-state index >= 15 is 0 Å². The molecule has 1 aliphatic rings. The zero-order valence-electron chi connectivity index (χ0n) is 10.5. The lowest BCUT2D eigenvalue weighted by atomic mass is 10.2. The van der Waals surface area contributed by atoms with E-state index in [-0.39, 0.29) is 17.4 Å². The van der Waals surface area contributed by atoms with Crippen LogP contribution in [0.2, 0.25) is 0 Å². The number of nitrogens with one attached hydrogen (secondary N) is 1. The topological polar surface area (TPSA) is 41.3 Å². The highest BCUT2D eigenvalue weighted by molar-refractivity contribution is 5.66. The Labute approximate surface area is 106 Å². The molecule has 1 aromatic carbocycles. The normalized spacial score (nSPS) is 17.9.